The van der Waals surface area contributed by atoms with Crippen LogP contribution in [0.25, 0.3) is 22.3 Å². The molecule has 21 heteroatoms. The minimum Gasteiger partial charge on any atom is -0.508 e. The van der Waals surface area contributed by atoms with E-state index >= 15 is 0 Å². The number of amides is 8. The molecule has 21 nitrogen and oxygen atoms in total. The maximum absolute atomic E-state index is 14.5. The second-order valence-corrected chi connectivity index (χ2v) is 20.9. The van der Waals surface area contributed by atoms with Gasteiger partial charge in [0.05, 0.1) is 24.9 Å². The molecular weight excluding hydrogens is 1030 g/mol. The topological polar surface area (TPSA) is 305 Å². The summed E-state index contributed by atoms with van der Waals surface area (Å²) in [6, 6.07) is 19.2. The van der Waals surface area contributed by atoms with Crippen LogP contribution in [0, 0.1) is 0 Å². The molecule has 3 fully saturated rings. The van der Waals surface area contributed by atoms with E-state index in [0.717, 1.165) is 57.1 Å². The largest absolute Gasteiger partial charge is 0.508 e. The number of phenolic OH excluding ortho intramolecular Hbond substituents is 1. The third-order valence-electron chi connectivity index (χ3n) is 14.7. The Morgan fingerprint density at radius 1 is 0.675 bits per heavy atom. The first kappa shape index (κ1) is 59.8. The van der Waals surface area contributed by atoms with Crippen LogP contribution in [0.4, 0.5) is 0 Å². The number of nitrogens with zero attached hydrogens (tertiary/aromatic N) is 2. The molecule has 0 bridgehead atoms. The fraction of sp³-hybridized carbons (Fsp3) is 0.458. The molecule has 7 rings (SSSR count). The van der Waals surface area contributed by atoms with E-state index in [9.17, 15) is 58.8 Å². The second kappa shape index (κ2) is 27.8. The molecule has 0 spiro atoms. The Labute approximate surface area is 465 Å². The van der Waals surface area contributed by atoms with Gasteiger partial charge >= 0.3 is 0 Å². The molecule has 8 amide bonds. The van der Waals surface area contributed by atoms with Gasteiger partial charge in [0, 0.05) is 44.6 Å². The van der Waals surface area contributed by atoms with Crippen molar-refractivity contribution in [2.24, 2.45) is 0 Å². The fourth-order valence-corrected chi connectivity index (χ4v) is 10.3. The number of unbranched alkanes of at least 4 members (excludes halogenated alkanes) is 2. The Morgan fingerprint density at radius 2 is 1.23 bits per heavy atom. The summed E-state index contributed by atoms with van der Waals surface area (Å²) in [7, 11) is 0. The van der Waals surface area contributed by atoms with Gasteiger partial charge < -0.3 is 66.9 Å². The SMILES string of the molecule is CCCCCOc1ccc(-c2ccc(-c3ccc(C(=O)N[C@H]4CCCNC(=O)[C@@H]5C[C@H](NC(C)=O)CN5C(=O)[C@H]([C@@H](C)O)NC(=O)[C@H](CCc5ccc(O)cc5)NC(=O)[C@@H]5C[C@@H](O)CN5C(=O)[C@H]([C@@H](C)O)NC4=O)cc3)cc2)cc1. The van der Waals surface area contributed by atoms with Crippen LogP contribution in [-0.2, 0) is 40.0 Å². The van der Waals surface area contributed by atoms with Gasteiger partial charge in [0.15, 0.2) is 0 Å². The minimum absolute atomic E-state index is 0.00976. The quantitative estimate of drug-likeness (QED) is 0.0765. The van der Waals surface area contributed by atoms with Gasteiger partial charge in [-0.3, -0.25) is 38.4 Å². The first-order chi connectivity index (χ1) is 38.3. The Morgan fingerprint density at radius 3 is 1.80 bits per heavy atom. The lowest BCUT2D eigenvalue weighted by atomic mass is 9.99. The normalized spacial score (nSPS) is 24.2. The lowest BCUT2D eigenvalue weighted by molar-refractivity contribution is -0.145. The predicted octanol–water partition coefficient (Wildman–Crippen LogP) is 2.22. The molecule has 0 unspecified atom stereocenters. The van der Waals surface area contributed by atoms with Crippen molar-refractivity contribution in [1.29, 1.82) is 0 Å². The number of phenols is 1. The van der Waals surface area contributed by atoms with Crippen molar-refractivity contribution in [3.8, 4) is 33.8 Å². The molecule has 80 heavy (non-hydrogen) atoms. The van der Waals surface area contributed by atoms with E-state index in [1.807, 2.05) is 48.5 Å². The van der Waals surface area contributed by atoms with Crippen LogP contribution in [0.5, 0.6) is 11.5 Å². The summed E-state index contributed by atoms with van der Waals surface area (Å²) >= 11 is 0. The van der Waals surface area contributed by atoms with E-state index in [0.29, 0.717) is 12.2 Å². The van der Waals surface area contributed by atoms with Crippen molar-refractivity contribution in [2.45, 2.75) is 146 Å². The van der Waals surface area contributed by atoms with Crippen LogP contribution in [0.1, 0.15) is 95.0 Å². The monoisotopic (exact) mass is 1100 g/mol. The first-order valence-corrected chi connectivity index (χ1v) is 27.4. The second-order valence-electron chi connectivity index (χ2n) is 20.9. The number of aliphatic hydroxyl groups excluding tert-OH is 3. The number of aliphatic hydroxyl groups is 3. The third kappa shape index (κ3) is 15.7. The smallest absolute Gasteiger partial charge is 0.251 e. The summed E-state index contributed by atoms with van der Waals surface area (Å²) in [5.74, 6) is -5.42. The number of ether oxygens (including phenoxy) is 1. The van der Waals surface area contributed by atoms with Crippen LogP contribution in [0.2, 0.25) is 0 Å². The summed E-state index contributed by atoms with van der Waals surface area (Å²) in [5.41, 5.74) is 4.57. The summed E-state index contributed by atoms with van der Waals surface area (Å²) in [4.78, 5) is 114. The van der Waals surface area contributed by atoms with E-state index in [-0.39, 0.29) is 62.9 Å². The summed E-state index contributed by atoms with van der Waals surface area (Å²) in [5, 5.41) is 58.9. The summed E-state index contributed by atoms with van der Waals surface area (Å²) in [6.45, 7) is 5.96. The molecule has 0 radical (unpaired) electrons. The lowest BCUT2D eigenvalue weighted by Gasteiger charge is -2.32. The van der Waals surface area contributed by atoms with E-state index in [2.05, 4.69) is 38.8 Å². The third-order valence-corrected chi connectivity index (χ3v) is 14.7. The van der Waals surface area contributed by atoms with Crippen molar-refractivity contribution < 1.29 is 63.5 Å². The standard InChI is InChI=1S/C59H74N8O13/c1-5-6-7-29-80-46-25-21-41(22-26-46)39-15-13-38(14-16-39)40-17-19-42(20-18-40)53(73)62-47-9-8-28-60-56(76)49-30-43(61-36(4)70)32-66(49)58(78)51(34(2)68)65-55(75)48(27-12-37-10-23-44(71)24-11-37)63-57(77)50-31-45(72)33-67(50)59(79)52(35(3)69)64-54(47)74/h10-11,13-26,34-35,43,45,47-52,68-69,71-72H,5-9,12,27-33H2,1-4H3,(H,60,76)(H,61,70)(H,62,73)(H,63,77)(H,64,74)(H,65,75)/t34-,35-,43+,45-,47+,48+,49+,50+,51+,52+/m1/s1. The molecule has 4 aromatic rings. The Kier molecular flexibility index (Phi) is 20.8. The minimum atomic E-state index is -1.70. The predicted molar refractivity (Wildman–Crippen MR) is 295 cm³/mol. The molecule has 3 saturated heterocycles. The Hall–Kier alpha value is -7.88. The summed E-state index contributed by atoms with van der Waals surface area (Å²) in [6.07, 6.45) is -1.45. The molecular formula is C59H74N8O13. The number of hydrogen-bond acceptors (Lipinski definition) is 13. The van der Waals surface area contributed by atoms with E-state index in [1.54, 1.807) is 36.4 Å². The zero-order chi connectivity index (χ0) is 57.6. The van der Waals surface area contributed by atoms with Gasteiger partial charge in [0.1, 0.15) is 47.8 Å². The zero-order valence-electron chi connectivity index (χ0n) is 45.6. The number of benzene rings is 4. The van der Waals surface area contributed by atoms with Crippen LogP contribution in [-0.4, -0.2) is 164 Å². The van der Waals surface area contributed by atoms with E-state index < -0.39 is 114 Å². The van der Waals surface area contributed by atoms with Crippen molar-refractivity contribution in [1.82, 2.24) is 41.7 Å². The van der Waals surface area contributed by atoms with E-state index in [1.165, 1.54) is 32.9 Å². The van der Waals surface area contributed by atoms with Gasteiger partial charge in [0.25, 0.3) is 5.91 Å². The molecule has 428 valence electrons. The highest BCUT2D eigenvalue weighted by Gasteiger charge is 2.46. The Bertz CT molecular complexity index is 2810. The first-order valence-electron chi connectivity index (χ1n) is 27.4. The molecule has 10 N–H and O–H groups in total. The van der Waals surface area contributed by atoms with Crippen molar-refractivity contribution >= 4 is 47.3 Å². The molecule has 0 aliphatic carbocycles. The van der Waals surface area contributed by atoms with Gasteiger partial charge in [-0.1, -0.05) is 80.4 Å². The van der Waals surface area contributed by atoms with Crippen LogP contribution in [0.15, 0.2) is 97.1 Å². The number of carbonyl (C=O) groups is 8. The highest BCUT2D eigenvalue weighted by Crippen LogP contribution is 2.28. The number of fused-ring (bicyclic) bond motifs is 2. The van der Waals surface area contributed by atoms with Crippen LogP contribution < -0.4 is 36.6 Å². The average molecular weight is 1100 g/mol. The highest BCUT2D eigenvalue weighted by atomic mass is 16.5. The van der Waals surface area contributed by atoms with Crippen LogP contribution >= 0.6 is 0 Å². The molecule has 0 aromatic heterocycles. The molecule has 10 atom stereocenters. The number of hydrogen-bond donors (Lipinski definition) is 10. The fourth-order valence-electron chi connectivity index (χ4n) is 10.3. The van der Waals surface area contributed by atoms with Crippen LogP contribution in [0.3, 0.4) is 0 Å². The molecule has 3 heterocycles. The average Bonchev–Trinajstić information content (AvgIpc) is 4.06. The molecule has 0 saturated carbocycles. The van der Waals surface area contributed by atoms with Crippen molar-refractivity contribution in [2.75, 3.05) is 26.2 Å². The number of rotatable bonds is 15. The van der Waals surface area contributed by atoms with Crippen molar-refractivity contribution in [3.63, 3.8) is 0 Å². The number of aromatic hydroxyl groups is 1. The summed E-state index contributed by atoms with van der Waals surface area (Å²) < 4.78 is 5.86. The lowest BCUT2D eigenvalue weighted by Crippen LogP contribution is -2.61. The zero-order valence-corrected chi connectivity index (χ0v) is 45.6. The Balaban J connectivity index is 1.13. The molecule has 3 aliphatic heterocycles. The van der Waals surface area contributed by atoms with Gasteiger partial charge in [0.2, 0.25) is 41.4 Å². The molecule has 4 aromatic carbocycles. The highest BCUT2D eigenvalue weighted by molar-refractivity contribution is 6.00. The van der Waals surface area contributed by atoms with Gasteiger partial charge in [-0.05, 0) is 117 Å². The van der Waals surface area contributed by atoms with Gasteiger partial charge in [-0.25, -0.2) is 0 Å². The maximum atomic E-state index is 14.5. The number of carbonyl (C=O) groups excluding carboxylic acids is 8. The maximum Gasteiger partial charge on any atom is 0.251 e. The van der Waals surface area contributed by atoms with E-state index in [4.69, 9.17) is 4.74 Å². The van der Waals surface area contributed by atoms with Gasteiger partial charge in [-0.2, -0.15) is 0 Å². The number of aryl methyl sites for hydroxylation is 1. The number of nitrogens with one attached hydrogen (secondary N) is 6. The molecule has 3 aliphatic rings. The van der Waals surface area contributed by atoms with Crippen molar-refractivity contribution in [3.05, 3.63) is 108 Å². The van der Waals surface area contributed by atoms with Gasteiger partial charge in [-0.15, -0.1) is 0 Å².